The number of benzene rings is 9. The third-order valence-corrected chi connectivity index (χ3v) is 15.9. The number of aliphatic hydroxyl groups excluding tert-OH is 1. The van der Waals surface area contributed by atoms with Crippen molar-refractivity contribution in [2.75, 3.05) is 0 Å². The van der Waals surface area contributed by atoms with Gasteiger partial charge in [0.05, 0.1) is 47.0 Å². The molecule has 4 aromatic heterocycles. The summed E-state index contributed by atoms with van der Waals surface area (Å²) in [7, 11) is 0. The molecule has 0 unspecified atom stereocenters. The van der Waals surface area contributed by atoms with Gasteiger partial charge in [-0.15, -0.1) is 152 Å². The molecule has 0 atom stereocenters. The van der Waals surface area contributed by atoms with Gasteiger partial charge in [-0.3, -0.25) is 33.6 Å². The molecule has 0 aliphatic heterocycles. The third kappa shape index (κ3) is 18.3. The summed E-state index contributed by atoms with van der Waals surface area (Å²) in [5.74, 6) is 2.81. The fourth-order valence-corrected chi connectivity index (χ4v) is 11.9. The van der Waals surface area contributed by atoms with Crippen LogP contribution in [-0.2, 0) is 87.0 Å². The number of amides is 1. The van der Waals surface area contributed by atoms with Crippen molar-refractivity contribution in [2.24, 2.45) is 5.73 Å². The number of nitrogens with zero attached hydrogens (tertiary/aromatic N) is 12. The summed E-state index contributed by atoms with van der Waals surface area (Å²) in [6.45, 7) is 22.4. The van der Waals surface area contributed by atoms with E-state index < -0.39 is 5.91 Å². The summed E-state index contributed by atoms with van der Waals surface area (Å²) < 4.78 is 8.22. The van der Waals surface area contributed by atoms with Gasteiger partial charge in [-0.1, -0.05) is 123 Å². The van der Waals surface area contributed by atoms with Crippen molar-refractivity contribution >= 4 is 39.7 Å². The molecular formula is C76H67BrClIr4N13O3-4. The van der Waals surface area contributed by atoms with Crippen molar-refractivity contribution in [1.29, 1.82) is 0 Å². The van der Waals surface area contributed by atoms with E-state index in [1.54, 1.807) is 20.1 Å². The molecule has 13 aromatic rings. The molecule has 0 saturated heterocycles. The van der Waals surface area contributed by atoms with Crippen LogP contribution in [0, 0.1) is 100 Å². The summed E-state index contributed by atoms with van der Waals surface area (Å²) in [6.07, 6.45) is 0.675. The largest absolute Gasteiger partial charge is 0.392 e. The van der Waals surface area contributed by atoms with E-state index in [-0.39, 0.29) is 104 Å². The van der Waals surface area contributed by atoms with E-state index in [0.29, 0.717) is 40.6 Å². The van der Waals surface area contributed by atoms with Crippen LogP contribution in [0.25, 0.3) is 79.4 Å². The van der Waals surface area contributed by atoms with E-state index in [9.17, 15) is 14.7 Å². The number of carbonyl (C=O) groups is 2. The molecule has 13 rings (SSSR count). The number of aromatic nitrogens is 12. The van der Waals surface area contributed by atoms with Crippen LogP contribution >= 0.6 is 27.5 Å². The zero-order valence-electron chi connectivity index (χ0n) is 55.2. The number of rotatable bonds is 12. The fourth-order valence-electron chi connectivity index (χ4n) is 11.4. The van der Waals surface area contributed by atoms with Crippen LogP contribution in [0.4, 0.5) is 0 Å². The zero-order valence-corrected chi connectivity index (χ0v) is 67.2. The minimum absolute atomic E-state index is 0. The van der Waals surface area contributed by atoms with E-state index in [1.807, 2.05) is 136 Å². The first-order chi connectivity index (χ1) is 45.2. The number of hydrogen-bond acceptors (Lipinski definition) is 11. The molecule has 22 heteroatoms. The Morgan fingerprint density at radius 3 is 1.58 bits per heavy atom. The summed E-state index contributed by atoms with van der Waals surface area (Å²) in [6, 6.07) is 68.1. The number of aliphatic hydroxyl groups is 1. The van der Waals surface area contributed by atoms with Crippen molar-refractivity contribution in [1.82, 2.24) is 59.1 Å². The fraction of sp³-hybridized carbons (Fsp3) is 0.158. The van der Waals surface area contributed by atoms with Gasteiger partial charge in [-0.25, -0.2) is 4.98 Å². The molecule has 1 amide bonds. The molecule has 98 heavy (non-hydrogen) atoms. The van der Waals surface area contributed by atoms with Crippen LogP contribution in [0.15, 0.2) is 174 Å². The number of primary amides is 1. The molecule has 0 spiro atoms. The van der Waals surface area contributed by atoms with E-state index in [1.165, 1.54) is 27.8 Å². The summed E-state index contributed by atoms with van der Waals surface area (Å²) in [4.78, 5) is 36.0. The molecule has 3 N–H and O–H groups in total. The monoisotopic (exact) mass is 2100 g/mol. The van der Waals surface area contributed by atoms with Gasteiger partial charge < -0.3 is 15.4 Å². The number of carbonyl (C=O) groups excluding carboxylic acids is 2. The number of halogens is 2. The average molecular weight is 2090 g/mol. The van der Waals surface area contributed by atoms with Crippen LogP contribution in [0.1, 0.15) is 88.3 Å². The second kappa shape index (κ2) is 35.7. The zero-order chi connectivity index (χ0) is 66.9. The van der Waals surface area contributed by atoms with E-state index in [2.05, 4.69) is 189 Å². The van der Waals surface area contributed by atoms with Gasteiger partial charge >= 0.3 is 0 Å². The Kier molecular flexibility index (Phi) is 28.8. The minimum atomic E-state index is -0.707. The van der Waals surface area contributed by atoms with Crippen molar-refractivity contribution in [3.8, 4) is 79.4 Å². The first-order valence-corrected chi connectivity index (χ1v) is 31.3. The molecule has 0 aliphatic rings. The maximum absolute atomic E-state index is 11.5. The van der Waals surface area contributed by atoms with Gasteiger partial charge in [0.1, 0.15) is 5.82 Å². The van der Waals surface area contributed by atoms with E-state index >= 15 is 0 Å². The van der Waals surface area contributed by atoms with Crippen LogP contribution in [-0.4, -0.2) is 76.4 Å². The number of hydrogen-bond donors (Lipinski definition) is 2. The number of aldehydes is 1. The molecule has 0 bridgehead atoms. The molecule has 9 aromatic carbocycles. The molecular weight excluding hydrogens is 2030 g/mol. The van der Waals surface area contributed by atoms with Gasteiger partial charge in [0.15, 0.2) is 6.29 Å². The molecule has 0 fully saturated rings. The molecule has 4 heterocycles. The van der Waals surface area contributed by atoms with Gasteiger partial charge in [-0.2, -0.15) is 10.2 Å². The smallest absolute Gasteiger partial charge is 0.287 e. The van der Waals surface area contributed by atoms with Crippen molar-refractivity contribution in [3.63, 3.8) is 0 Å². The predicted octanol–water partition coefficient (Wildman–Crippen LogP) is 15.8. The Balaban J connectivity index is 0.000000204. The Morgan fingerprint density at radius 2 is 1.03 bits per heavy atom. The molecule has 4 radical (unpaired) electrons. The topological polar surface area (TPSA) is 203 Å². The molecule has 508 valence electrons. The van der Waals surface area contributed by atoms with Gasteiger partial charge in [0, 0.05) is 97.2 Å². The van der Waals surface area contributed by atoms with Gasteiger partial charge in [-0.05, 0) is 126 Å². The normalized spacial score (nSPS) is 10.4. The number of nitrogens with two attached hydrogens (primary N) is 1. The Bertz CT molecular complexity index is 4840. The van der Waals surface area contributed by atoms with Crippen LogP contribution in [0.5, 0.6) is 0 Å². The number of aryl methyl sites for hydroxylation is 11. The maximum Gasteiger partial charge on any atom is 0.287 e. The molecule has 0 aliphatic carbocycles. The Labute approximate surface area is 638 Å². The van der Waals surface area contributed by atoms with Crippen molar-refractivity contribution < 1.29 is 95.1 Å². The van der Waals surface area contributed by atoms with Gasteiger partial charge in [0.2, 0.25) is 16.9 Å². The average Bonchev–Trinajstić information content (AvgIpc) is 1.44. The summed E-state index contributed by atoms with van der Waals surface area (Å²) >= 11 is 9.55. The SMILES string of the molecule is Cc1c[c-]c(-c2nc(C(N)=O)nn2-c2c(C)cccc2CO)cc1.Cc1cc(C)c(-n2c(C)nnc2-c2[c-]ccc(Br)c2)c(C)c1.Cc1cc(C)c(-n2nc(C=O)nc2-c2[c-]cccc2)c(-c2ccccc2)c1.Cc1cc(C)c(-n2nc(Cl)nc2-c2[c-]cccc2)c(C)c1.[Ir].[Ir].[Ir].[Ir]. The van der Waals surface area contributed by atoms with E-state index in [4.69, 9.17) is 17.3 Å². The van der Waals surface area contributed by atoms with Crippen LogP contribution in [0.3, 0.4) is 0 Å². The van der Waals surface area contributed by atoms with Crippen LogP contribution in [0.2, 0.25) is 5.28 Å². The number of para-hydroxylation sites is 1. The Morgan fingerprint density at radius 1 is 0.500 bits per heavy atom. The molecule has 16 nitrogen and oxygen atoms in total. The quantitative estimate of drug-likeness (QED) is 0.0870. The van der Waals surface area contributed by atoms with Crippen molar-refractivity contribution in [2.45, 2.75) is 82.8 Å². The standard InChI is InChI=1S/C23H18N3O.C18H17BrN3.C18H17N4O2.C17H15ClN3.4Ir/c1-16-13-17(2)22(20(14-16)18-9-5-3-6-10-18)26-23(24-21(15-27)25-26)19-11-7-4-8-12-19;1-11-8-12(2)17(13(3)9-11)22-14(4)20-21-18(22)15-6-5-7-16(19)10-15;1-11-6-8-13(9-7-11)18-20-17(16(19)24)21-22(18)15-12(2)4-3-5-14(15)10-23;1-11-9-12(2)15(13(3)10-11)21-16(19-17(18)20-21)14-7-5-4-6-8-14;;;;/h3-11,13-15H,1-2H3;5,7-10H,1-4H3;3-8,23H,10H2,1-2H3,(H2,19,24);4-7,9-10H,1-3H3;;;;/q4*-1;;;;. The predicted molar refractivity (Wildman–Crippen MR) is 373 cm³/mol. The Hall–Kier alpha value is -7.99. The second-order valence-electron chi connectivity index (χ2n) is 22.7. The minimum Gasteiger partial charge on any atom is -0.392 e. The van der Waals surface area contributed by atoms with Gasteiger partial charge in [0.25, 0.3) is 5.91 Å². The summed E-state index contributed by atoms with van der Waals surface area (Å²) in [5.41, 5.74) is 26.6. The maximum atomic E-state index is 11.5. The first-order valence-electron chi connectivity index (χ1n) is 30.1. The second-order valence-corrected chi connectivity index (χ2v) is 24.0. The van der Waals surface area contributed by atoms with E-state index in [0.717, 1.165) is 88.8 Å². The summed E-state index contributed by atoms with van der Waals surface area (Å²) in [5, 5.41) is 31.6. The third-order valence-electron chi connectivity index (χ3n) is 15.2. The van der Waals surface area contributed by atoms with Crippen molar-refractivity contribution in [3.05, 3.63) is 283 Å². The molecule has 0 saturated carbocycles. The van der Waals surface area contributed by atoms with Crippen LogP contribution < -0.4 is 5.73 Å². The first kappa shape index (κ1) is 79.0.